The molecule has 13 heteroatoms. The Morgan fingerprint density at radius 3 is 2.81 bits per heavy atom. The Balaban J connectivity index is 1.33. The van der Waals surface area contributed by atoms with E-state index < -0.39 is 70.9 Å². The van der Waals surface area contributed by atoms with Gasteiger partial charge in [0.1, 0.15) is 41.7 Å². The fourth-order valence-electron chi connectivity index (χ4n) is 7.66. The number of alkyl halides is 2. The fraction of sp³-hybridized carbons (Fsp3) is 0.412. The van der Waals surface area contributed by atoms with Gasteiger partial charge in [0.2, 0.25) is 0 Å². The van der Waals surface area contributed by atoms with Crippen LogP contribution < -0.4 is 15.4 Å². The van der Waals surface area contributed by atoms with Crippen LogP contribution in [0.5, 0.6) is 6.01 Å². The summed E-state index contributed by atoms with van der Waals surface area (Å²) in [4.78, 5) is 28.8. The normalized spacial score (nSPS) is 28.1. The molecule has 8 nitrogen and oxygen atoms in total. The summed E-state index contributed by atoms with van der Waals surface area (Å²) in [6, 6.07) is 2.20. The summed E-state index contributed by atoms with van der Waals surface area (Å²) in [6.07, 6.45) is 5.06. The third-order valence-electron chi connectivity index (χ3n) is 9.89. The van der Waals surface area contributed by atoms with Crippen LogP contribution >= 0.6 is 0 Å². The zero-order valence-electron chi connectivity index (χ0n) is 26.9. The molecular formula is C34H29F5N6O2. The predicted octanol–water partition coefficient (Wildman–Crippen LogP) is 5.29. The quantitative estimate of drug-likeness (QED) is 0.177. The molecule has 4 fully saturated rings. The average Bonchev–Trinajstić information content (AvgIpc) is 3.34. The number of nitrogens with two attached hydrogens (primary N) is 1. The molecule has 242 valence electrons. The molecule has 1 aliphatic carbocycles. The number of benzene rings is 2. The number of halogens is 5. The second-order valence-corrected chi connectivity index (χ2v) is 12.7. The number of nitrogen functional groups attached to an aromatic ring is 1. The highest BCUT2D eigenvalue weighted by molar-refractivity contribution is 6.04. The van der Waals surface area contributed by atoms with E-state index in [1.165, 1.54) is 23.2 Å². The van der Waals surface area contributed by atoms with Gasteiger partial charge < -0.3 is 15.4 Å². The van der Waals surface area contributed by atoms with Crippen molar-refractivity contribution in [2.75, 3.05) is 36.8 Å². The number of nitrogens with zero attached hydrogens (tertiary/aromatic N) is 5. The van der Waals surface area contributed by atoms with E-state index in [1.807, 2.05) is 0 Å². The maximum absolute atomic E-state index is 16.9. The summed E-state index contributed by atoms with van der Waals surface area (Å²) < 4.78 is 99.8. The van der Waals surface area contributed by atoms with Crippen LogP contribution in [-0.4, -0.2) is 75.8 Å². The van der Waals surface area contributed by atoms with Gasteiger partial charge in [0.15, 0.2) is 17.5 Å². The Kier molecular flexibility index (Phi) is 6.29. The first-order chi connectivity index (χ1) is 23.3. The zero-order valence-corrected chi connectivity index (χ0v) is 24.9. The summed E-state index contributed by atoms with van der Waals surface area (Å²) in [5.41, 5.74) is 3.51. The second-order valence-electron chi connectivity index (χ2n) is 12.7. The largest absolute Gasteiger partial charge is 0.461 e. The molecule has 0 radical (unpaired) electrons. The smallest absolute Gasteiger partial charge is 0.319 e. The number of carbonyl (C=O) groups is 1. The van der Waals surface area contributed by atoms with Crippen LogP contribution in [0.25, 0.3) is 32.9 Å². The van der Waals surface area contributed by atoms with E-state index in [0.717, 1.165) is 6.07 Å². The molecule has 0 bridgehead atoms. The van der Waals surface area contributed by atoms with Crippen molar-refractivity contribution in [2.45, 2.75) is 56.0 Å². The molecule has 0 unspecified atom stereocenters. The van der Waals surface area contributed by atoms with Crippen molar-refractivity contribution in [2.24, 2.45) is 5.92 Å². The Morgan fingerprint density at radius 2 is 2.00 bits per heavy atom. The summed E-state index contributed by atoms with van der Waals surface area (Å²) in [5, 5.41) is 0.0714. The SMILES string of the molecule is [2H]C([2H])(Oc1nc(N2CCC(=O)C[C@H]3[C@H](F)[C@H]32)c2cnc(-c3cc(N)cc4cc(F)c(F)c(C#C)c34)c(F)c2n1)[C@@]12CCCN1C[C@H](F)C2. The number of Topliss-reactive ketones (excluding diaryl/α,β-unsaturated/α-hetero) is 1. The maximum Gasteiger partial charge on any atom is 0.319 e. The maximum atomic E-state index is 16.9. The van der Waals surface area contributed by atoms with Gasteiger partial charge in [-0.1, -0.05) is 5.92 Å². The Labute approximate surface area is 268 Å². The first-order valence-corrected chi connectivity index (χ1v) is 15.4. The van der Waals surface area contributed by atoms with E-state index >= 15 is 8.78 Å². The summed E-state index contributed by atoms with van der Waals surface area (Å²) in [6.45, 7) is -1.98. The van der Waals surface area contributed by atoms with Gasteiger partial charge in [0.05, 0.1) is 25.3 Å². The van der Waals surface area contributed by atoms with Gasteiger partial charge in [-0.3, -0.25) is 14.7 Å². The van der Waals surface area contributed by atoms with Gasteiger partial charge in [-0.25, -0.2) is 22.0 Å². The molecule has 2 aromatic carbocycles. The molecule has 2 aromatic heterocycles. The minimum Gasteiger partial charge on any atom is -0.461 e. The number of carbonyl (C=O) groups excluding carboxylic acids is 1. The molecule has 0 spiro atoms. The van der Waals surface area contributed by atoms with E-state index in [-0.39, 0.29) is 77.1 Å². The van der Waals surface area contributed by atoms with Gasteiger partial charge in [-0.15, -0.1) is 6.42 Å². The fourth-order valence-corrected chi connectivity index (χ4v) is 7.66. The van der Waals surface area contributed by atoms with Crippen molar-refractivity contribution in [3.63, 3.8) is 0 Å². The van der Waals surface area contributed by atoms with E-state index in [4.69, 9.17) is 19.6 Å². The summed E-state index contributed by atoms with van der Waals surface area (Å²) in [5.74, 6) is -2.25. The Morgan fingerprint density at radius 1 is 1.17 bits per heavy atom. The number of pyridine rings is 1. The number of rotatable bonds is 5. The van der Waals surface area contributed by atoms with Crippen LogP contribution in [0.3, 0.4) is 0 Å². The molecule has 2 N–H and O–H groups in total. The average molecular weight is 651 g/mol. The number of ether oxygens (including phenoxy) is 1. The molecule has 3 aliphatic heterocycles. The van der Waals surface area contributed by atoms with Crippen LogP contribution in [-0.2, 0) is 4.79 Å². The van der Waals surface area contributed by atoms with Crippen LogP contribution in [0.1, 0.15) is 40.4 Å². The molecule has 4 aromatic rings. The van der Waals surface area contributed by atoms with E-state index in [1.54, 1.807) is 4.90 Å². The Bertz CT molecular complexity index is 2130. The first-order valence-electron chi connectivity index (χ1n) is 16.4. The number of terminal acetylenes is 1. The van der Waals surface area contributed by atoms with Crippen LogP contribution in [0.15, 0.2) is 24.4 Å². The van der Waals surface area contributed by atoms with Crippen LogP contribution in [0, 0.1) is 35.7 Å². The third-order valence-corrected chi connectivity index (χ3v) is 9.89. The van der Waals surface area contributed by atoms with Gasteiger partial charge >= 0.3 is 6.01 Å². The number of anilines is 2. The van der Waals surface area contributed by atoms with E-state index in [2.05, 4.69) is 20.9 Å². The standard InChI is InChI=1S/C34H29F5N6O2/c1-2-20-25-16(9-24(36)26(20)37)8-18(40)10-21(25)29-28(39)30-23(13-41-29)32(45-7-4-19(46)11-22-27(38)31(22)45)43-33(42-30)47-15-34-5-3-6-44(34)14-17(35)12-34/h1,8-10,13,17,22,27,31H,3-7,11-12,14-15,40H2/t17-,22+,27+,31+,34+/m1/s1/i15D2. The molecule has 5 heterocycles. The molecule has 47 heavy (non-hydrogen) atoms. The Hall–Kier alpha value is -4.57. The van der Waals surface area contributed by atoms with Crippen molar-refractivity contribution in [3.05, 3.63) is 47.4 Å². The monoisotopic (exact) mass is 650 g/mol. The van der Waals surface area contributed by atoms with Gasteiger partial charge in [-0.2, -0.15) is 9.97 Å². The lowest BCUT2D eigenvalue weighted by Gasteiger charge is -2.31. The summed E-state index contributed by atoms with van der Waals surface area (Å²) in [7, 11) is 0. The van der Waals surface area contributed by atoms with Crippen LogP contribution in [0.4, 0.5) is 33.5 Å². The lowest BCUT2D eigenvalue weighted by Crippen LogP contribution is -2.43. The molecule has 3 saturated heterocycles. The second kappa shape index (κ2) is 10.7. The van der Waals surface area contributed by atoms with Crippen LogP contribution in [0.2, 0.25) is 0 Å². The van der Waals surface area contributed by atoms with Crippen molar-refractivity contribution in [1.82, 2.24) is 19.9 Å². The van der Waals surface area contributed by atoms with Crippen molar-refractivity contribution in [1.29, 1.82) is 0 Å². The minimum atomic E-state index is -2.53. The lowest BCUT2D eigenvalue weighted by molar-refractivity contribution is -0.119. The number of hydrogen-bond donors (Lipinski definition) is 1. The molecule has 0 amide bonds. The minimum absolute atomic E-state index is 0.00862. The van der Waals surface area contributed by atoms with Gasteiger partial charge in [0, 0.05) is 61.1 Å². The van der Waals surface area contributed by atoms with Gasteiger partial charge in [0.25, 0.3) is 0 Å². The molecule has 1 saturated carbocycles. The van der Waals surface area contributed by atoms with E-state index in [9.17, 15) is 18.0 Å². The summed E-state index contributed by atoms with van der Waals surface area (Å²) >= 11 is 0. The van der Waals surface area contributed by atoms with E-state index in [0.29, 0.717) is 19.4 Å². The topological polar surface area (TPSA) is 97.5 Å². The lowest BCUT2D eigenvalue weighted by atomic mass is 9.95. The highest BCUT2D eigenvalue weighted by Crippen LogP contribution is 2.48. The van der Waals surface area contributed by atoms with Crippen molar-refractivity contribution >= 4 is 39.0 Å². The molecule has 8 rings (SSSR count). The van der Waals surface area contributed by atoms with Crippen molar-refractivity contribution in [3.8, 4) is 29.6 Å². The predicted molar refractivity (Wildman–Crippen MR) is 165 cm³/mol. The number of hydrogen-bond acceptors (Lipinski definition) is 8. The third kappa shape index (κ3) is 4.67. The first kappa shape index (κ1) is 27.5. The van der Waals surface area contributed by atoms with Gasteiger partial charge in [-0.05, 0) is 43.0 Å². The highest BCUT2D eigenvalue weighted by Gasteiger charge is 2.57. The zero-order chi connectivity index (χ0) is 34.6. The number of ketones is 1. The number of aromatic nitrogens is 3. The van der Waals surface area contributed by atoms with Crippen molar-refractivity contribution < 1.29 is 34.2 Å². The highest BCUT2D eigenvalue weighted by atomic mass is 19.2. The molecule has 4 aliphatic rings. The number of fused-ring (bicyclic) bond motifs is 4. The molecular weight excluding hydrogens is 619 g/mol. The molecule has 5 atom stereocenters.